The Balaban J connectivity index is 2.43. The monoisotopic (exact) mass is 291 g/mol. The van der Waals surface area contributed by atoms with E-state index in [0.717, 1.165) is 6.07 Å². The van der Waals surface area contributed by atoms with Crippen LogP contribution in [0.2, 0.25) is 0 Å². The van der Waals surface area contributed by atoms with Crippen molar-refractivity contribution in [1.82, 2.24) is 5.32 Å². The third kappa shape index (κ3) is 3.11. The smallest absolute Gasteiger partial charge is 0.405 e. The number of rotatable bonds is 2. The fourth-order valence-corrected chi connectivity index (χ4v) is 1.89. The van der Waals surface area contributed by atoms with Gasteiger partial charge in [0.05, 0.1) is 5.56 Å². The van der Waals surface area contributed by atoms with Gasteiger partial charge in [-0.05, 0) is 18.2 Å². The number of amidine groups is 1. The highest BCUT2D eigenvalue weighted by Crippen LogP contribution is 2.37. The minimum Gasteiger partial charge on any atom is -0.405 e. The number of hydrogen-bond acceptors (Lipinski definition) is 4. The van der Waals surface area contributed by atoms with Crippen molar-refractivity contribution in [3.63, 3.8) is 0 Å². The summed E-state index contributed by atoms with van der Waals surface area (Å²) in [6, 6.07) is 5.45. The van der Waals surface area contributed by atoms with E-state index < -0.39 is 17.2 Å². The maximum atomic E-state index is 12.3. The van der Waals surface area contributed by atoms with Gasteiger partial charge in [-0.1, -0.05) is 23.7 Å². The molecule has 0 radical (unpaired) electrons. The Kier molecular flexibility index (Phi) is 3.32. The Hall–Kier alpha value is -1.89. The number of halogens is 4. The number of hydrogen-bond donors (Lipinski definition) is 2. The molecule has 8 heteroatoms. The summed E-state index contributed by atoms with van der Waals surface area (Å²) in [4.78, 5) is 3.89. The lowest BCUT2D eigenvalue weighted by Gasteiger charge is -2.28. The first-order chi connectivity index (χ1) is 8.80. The zero-order valence-corrected chi connectivity index (χ0v) is 10.2. The Morgan fingerprint density at radius 3 is 2.63 bits per heavy atom. The van der Waals surface area contributed by atoms with Gasteiger partial charge in [-0.15, -0.1) is 13.2 Å². The summed E-state index contributed by atoms with van der Waals surface area (Å²) in [5.41, 5.74) is 5.52. The first kappa shape index (κ1) is 13.5. The average Bonchev–Trinajstić information content (AvgIpc) is 2.27. The molecule has 1 atom stereocenters. The summed E-state index contributed by atoms with van der Waals surface area (Å²) in [5, 5.41) is 1.01. The molecule has 1 unspecified atom stereocenters. The zero-order valence-electron chi connectivity index (χ0n) is 9.41. The van der Waals surface area contributed by atoms with Crippen molar-refractivity contribution < 1.29 is 17.9 Å². The quantitative estimate of drug-likeness (QED) is 0.650. The fraction of sp³-hybridized carbons (Fsp3) is 0.182. The van der Waals surface area contributed by atoms with Gasteiger partial charge in [0, 0.05) is 6.20 Å². The number of alkyl halides is 4. The van der Waals surface area contributed by atoms with Crippen LogP contribution in [0.15, 0.2) is 41.5 Å². The highest BCUT2D eigenvalue weighted by Gasteiger charge is 2.37. The molecule has 0 aliphatic carbocycles. The van der Waals surface area contributed by atoms with Crippen LogP contribution in [0.4, 0.5) is 13.2 Å². The summed E-state index contributed by atoms with van der Waals surface area (Å²) >= 11 is 6.15. The number of ether oxygens (including phenoxy) is 1. The maximum Gasteiger partial charge on any atom is 0.573 e. The first-order valence-corrected chi connectivity index (χ1v) is 5.52. The number of nitrogens with one attached hydrogen (secondary N) is 1. The molecule has 1 heterocycles. The Bertz CT molecular complexity index is 544. The van der Waals surface area contributed by atoms with Crippen LogP contribution in [0, 0.1) is 0 Å². The molecule has 1 aliphatic heterocycles. The van der Waals surface area contributed by atoms with Gasteiger partial charge < -0.3 is 15.8 Å². The lowest BCUT2D eigenvalue weighted by molar-refractivity contribution is -0.275. The van der Waals surface area contributed by atoms with Crippen molar-refractivity contribution in [2.75, 3.05) is 0 Å². The van der Waals surface area contributed by atoms with Gasteiger partial charge in [0.15, 0.2) is 0 Å². The molecule has 1 aromatic carbocycles. The van der Waals surface area contributed by atoms with Crippen molar-refractivity contribution in [1.29, 1.82) is 0 Å². The van der Waals surface area contributed by atoms with Crippen LogP contribution in [-0.2, 0) is 5.12 Å². The minimum absolute atomic E-state index is 0.0151. The van der Waals surface area contributed by atoms with Crippen LogP contribution in [0.1, 0.15) is 5.56 Å². The highest BCUT2D eigenvalue weighted by molar-refractivity contribution is 6.25. The SMILES string of the molecule is NC1=NC(Cl)(c2ccccc2OC(F)(F)F)NC=C1. The second-order valence-corrected chi connectivity index (χ2v) is 4.23. The molecular weight excluding hydrogens is 283 g/mol. The number of para-hydroxylation sites is 1. The summed E-state index contributed by atoms with van der Waals surface area (Å²) < 4.78 is 40.9. The van der Waals surface area contributed by atoms with Gasteiger partial charge >= 0.3 is 6.36 Å². The van der Waals surface area contributed by atoms with Crippen molar-refractivity contribution in [2.24, 2.45) is 10.7 Å². The van der Waals surface area contributed by atoms with E-state index in [1.165, 1.54) is 30.5 Å². The van der Waals surface area contributed by atoms with E-state index in [9.17, 15) is 13.2 Å². The van der Waals surface area contributed by atoms with Gasteiger partial charge in [0.25, 0.3) is 0 Å². The third-order valence-electron chi connectivity index (χ3n) is 2.28. The van der Waals surface area contributed by atoms with Gasteiger partial charge in [0.1, 0.15) is 11.6 Å². The topological polar surface area (TPSA) is 59.6 Å². The lowest BCUT2D eigenvalue weighted by Crippen LogP contribution is -2.37. The van der Waals surface area contributed by atoms with Crippen LogP contribution in [0.5, 0.6) is 5.75 Å². The van der Waals surface area contributed by atoms with E-state index in [4.69, 9.17) is 17.3 Å². The molecule has 0 amide bonds. The molecule has 3 N–H and O–H groups in total. The molecule has 2 rings (SSSR count). The van der Waals surface area contributed by atoms with E-state index in [1.54, 1.807) is 0 Å². The Morgan fingerprint density at radius 2 is 2.00 bits per heavy atom. The molecule has 0 spiro atoms. The predicted molar refractivity (Wildman–Crippen MR) is 64.6 cm³/mol. The Morgan fingerprint density at radius 1 is 1.32 bits per heavy atom. The molecule has 1 aliphatic rings. The normalized spacial score (nSPS) is 22.6. The summed E-state index contributed by atoms with van der Waals surface area (Å²) in [6.07, 6.45) is -1.98. The molecule has 0 saturated heterocycles. The summed E-state index contributed by atoms with van der Waals surface area (Å²) in [5.74, 6) is -0.347. The minimum atomic E-state index is -4.82. The number of benzene rings is 1. The van der Waals surface area contributed by atoms with Crippen LogP contribution < -0.4 is 15.8 Å². The number of aliphatic imine (C=N–C) groups is 1. The first-order valence-electron chi connectivity index (χ1n) is 5.14. The third-order valence-corrected chi connectivity index (χ3v) is 2.68. The van der Waals surface area contributed by atoms with E-state index in [2.05, 4.69) is 15.0 Å². The van der Waals surface area contributed by atoms with Crippen LogP contribution >= 0.6 is 11.6 Å². The fourth-order valence-electron chi connectivity index (χ4n) is 1.58. The average molecular weight is 292 g/mol. The van der Waals surface area contributed by atoms with Crippen molar-refractivity contribution in [3.8, 4) is 5.75 Å². The van der Waals surface area contributed by atoms with Crippen molar-refractivity contribution >= 4 is 17.4 Å². The van der Waals surface area contributed by atoms with Crippen molar-refractivity contribution in [2.45, 2.75) is 11.5 Å². The van der Waals surface area contributed by atoms with Crippen LogP contribution in [0.3, 0.4) is 0 Å². The second kappa shape index (κ2) is 4.65. The van der Waals surface area contributed by atoms with Crippen LogP contribution in [0.25, 0.3) is 0 Å². The molecule has 0 fully saturated rings. The maximum absolute atomic E-state index is 12.3. The van der Waals surface area contributed by atoms with Gasteiger partial charge in [-0.25, -0.2) is 4.99 Å². The second-order valence-electron chi connectivity index (χ2n) is 3.68. The van der Waals surface area contributed by atoms with Crippen molar-refractivity contribution in [3.05, 3.63) is 42.1 Å². The van der Waals surface area contributed by atoms with E-state index in [0.29, 0.717) is 0 Å². The van der Waals surface area contributed by atoms with E-state index in [1.807, 2.05) is 0 Å². The largest absolute Gasteiger partial charge is 0.573 e. The number of nitrogens with two attached hydrogens (primary N) is 1. The highest BCUT2D eigenvalue weighted by atomic mass is 35.5. The van der Waals surface area contributed by atoms with Gasteiger partial charge in [-0.2, -0.15) is 0 Å². The molecule has 1 aromatic rings. The summed E-state index contributed by atoms with van der Waals surface area (Å²) in [7, 11) is 0. The molecule has 0 saturated carbocycles. The van der Waals surface area contributed by atoms with Gasteiger partial charge in [0.2, 0.25) is 5.12 Å². The lowest BCUT2D eigenvalue weighted by atomic mass is 10.1. The molecule has 4 nitrogen and oxygen atoms in total. The predicted octanol–water partition coefficient (Wildman–Crippen LogP) is 2.41. The molecular formula is C11H9ClF3N3O. The zero-order chi connectivity index (χ0) is 14.1. The van der Waals surface area contributed by atoms with Gasteiger partial charge in [-0.3, -0.25) is 0 Å². The number of nitrogens with zero attached hydrogens (tertiary/aromatic N) is 1. The van der Waals surface area contributed by atoms with Crippen LogP contribution in [-0.4, -0.2) is 12.2 Å². The van der Waals surface area contributed by atoms with E-state index in [-0.39, 0.29) is 11.4 Å². The Labute approximate surface area is 111 Å². The summed E-state index contributed by atoms with van der Waals surface area (Å²) in [6.45, 7) is 0. The van der Waals surface area contributed by atoms with E-state index >= 15 is 0 Å². The molecule has 0 bridgehead atoms. The standard InChI is InChI=1S/C11H9ClF3N3O/c12-10(17-6-5-9(16)18-10)7-3-1-2-4-8(7)19-11(13,14)15/h1-6,17H,(H2,16,18). The molecule has 102 valence electrons. The molecule has 0 aromatic heterocycles. The molecule has 19 heavy (non-hydrogen) atoms.